The van der Waals surface area contributed by atoms with Crippen LogP contribution < -0.4 is 15.0 Å². The summed E-state index contributed by atoms with van der Waals surface area (Å²) in [6.07, 6.45) is 5.01. The second kappa shape index (κ2) is 7.96. The molecule has 132 valence electrons. The van der Waals surface area contributed by atoms with E-state index in [0.29, 0.717) is 11.4 Å². The fraction of sp³-hybridized carbons (Fsp3) is 0.421. The zero-order valence-electron chi connectivity index (χ0n) is 14.7. The highest BCUT2D eigenvalue weighted by molar-refractivity contribution is 5.93. The van der Waals surface area contributed by atoms with Crippen molar-refractivity contribution in [3.63, 3.8) is 0 Å². The number of piperidine rings is 1. The molecule has 1 aliphatic heterocycles. The van der Waals surface area contributed by atoms with Gasteiger partial charge in [-0.15, -0.1) is 0 Å². The molecule has 25 heavy (non-hydrogen) atoms. The van der Waals surface area contributed by atoms with Gasteiger partial charge in [-0.05, 0) is 37.8 Å². The molecule has 0 aliphatic carbocycles. The topological polar surface area (TPSA) is 67.4 Å². The molecule has 3 rings (SSSR count). The van der Waals surface area contributed by atoms with Gasteiger partial charge in [-0.3, -0.25) is 4.79 Å². The molecule has 6 nitrogen and oxygen atoms in total. The SMILES string of the molecule is CC1CCN(c2ncc(NC(=O)C(C)Oc3ccccc3)cn2)CC1. The number of hydrogen-bond acceptors (Lipinski definition) is 5. The highest BCUT2D eigenvalue weighted by atomic mass is 16.5. The van der Waals surface area contributed by atoms with Crippen molar-refractivity contribution >= 4 is 17.5 Å². The molecule has 2 aromatic rings. The van der Waals surface area contributed by atoms with Crippen LogP contribution in [-0.4, -0.2) is 35.1 Å². The maximum absolute atomic E-state index is 12.2. The van der Waals surface area contributed by atoms with E-state index in [2.05, 4.69) is 27.1 Å². The lowest BCUT2D eigenvalue weighted by Gasteiger charge is -2.30. The van der Waals surface area contributed by atoms with Crippen molar-refractivity contribution in [1.29, 1.82) is 0 Å². The maximum Gasteiger partial charge on any atom is 0.265 e. The number of anilines is 2. The molecule has 1 amide bonds. The number of nitrogens with zero attached hydrogens (tertiary/aromatic N) is 3. The molecule has 1 N–H and O–H groups in total. The minimum Gasteiger partial charge on any atom is -0.481 e. The van der Waals surface area contributed by atoms with Crippen LogP contribution in [0.25, 0.3) is 0 Å². The van der Waals surface area contributed by atoms with E-state index in [1.807, 2.05) is 30.3 Å². The number of carbonyl (C=O) groups excluding carboxylic acids is 1. The highest BCUT2D eigenvalue weighted by Gasteiger charge is 2.19. The summed E-state index contributed by atoms with van der Waals surface area (Å²) in [5.74, 6) is 1.92. The Morgan fingerprint density at radius 3 is 2.48 bits per heavy atom. The monoisotopic (exact) mass is 340 g/mol. The van der Waals surface area contributed by atoms with Gasteiger partial charge in [0.15, 0.2) is 6.10 Å². The summed E-state index contributed by atoms with van der Waals surface area (Å²) in [6.45, 7) is 5.95. The smallest absolute Gasteiger partial charge is 0.265 e. The molecule has 6 heteroatoms. The van der Waals surface area contributed by atoms with E-state index in [1.54, 1.807) is 19.3 Å². The summed E-state index contributed by atoms with van der Waals surface area (Å²) in [5.41, 5.74) is 0.572. The van der Waals surface area contributed by atoms with Gasteiger partial charge in [-0.1, -0.05) is 25.1 Å². The summed E-state index contributed by atoms with van der Waals surface area (Å²) in [4.78, 5) is 23.2. The van der Waals surface area contributed by atoms with E-state index in [-0.39, 0.29) is 5.91 Å². The van der Waals surface area contributed by atoms with Gasteiger partial charge in [0.2, 0.25) is 5.95 Å². The van der Waals surface area contributed by atoms with Gasteiger partial charge in [0.05, 0.1) is 18.1 Å². The molecule has 1 aromatic carbocycles. The Kier molecular flexibility index (Phi) is 5.48. The van der Waals surface area contributed by atoms with E-state index in [1.165, 1.54) is 0 Å². The van der Waals surface area contributed by atoms with Crippen LogP contribution >= 0.6 is 0 Å². The third-order valence-electron chi connectivity index (χ3n) is 4.40. The van der Waals surface area contributed by atoms with Gasteiger partial charge in [-0.25, -0.2) is 9.97 Å². The second-order valence-corrected chi connectivity index (χ2v) is 6.50. The lowest BCUT2D eigenvalue weighted by Crippen LogP contribution is -2.34. The molecular formula is C19H24N4O2. The molecule has 1 aliphatic rings. The van der Waals surface area contributed by atoms with Crippen molar-refractivity contribution in [1.82, 2.24) is 9.97 Å². The molecule has 0 spiro atoms. The van der Waals surface area contributed by atoms with E-state index < -0.39 is 6.10 Å². The first kappa shape index (κ1) is 17.2. The third-order valence-corrected chi connectivity index (χ3v) is 4.40. The average Bonchev–Trinajstić information content (AvgIpc) is 2.64. The summed E-state index contributed by atoms with van der Waals surface area (Å²) in [5, 5.41) is 2.79. The molecule has 1 aromatic heterocycles. The van der Waals surface area contributed by atoms with Crippen molar-refractivity contribution in [2.24, 2.45) is 5.92 Å². The Morgan fingerprint density at radius 1 is 1.20 bits per heavy atom. The van der Waals surface area contributed by atoms with Crippen molar-refractivity contribution < 1.29 is 9.53 Å². The minimum absolute atomic E-state index is 0.230. The zero-order chi connectivity index (χ0) is 17.6. The number of hydrogen-bond donors (Lipinski definition) is 1. The molecule has 1 fully saturated rings. The van der Waals surface area contributed by atoms with Gasteiger partial charge in [-0.2, -0.15) is 0 Å². The van der Waals surface area contributed by atoms with Crippen LogP contribution in [0.5, 0.6) is 5.75 Å². The Morgan fingerprint density at radius 2 is 1.84 bits per heavy atom. The molecule has 0 saturated carbocycles. The van der Waals surface area contributed by atoms with Gasteiger partial charge in [0.25, 0.3) is 5.91 Å². The Bertz CT molecular complexity index is 682. The van der Waals surface area contributed by atoms with E-state index in [0.717, 1.165) is 37.8 Å². The van der Waals surface area contributed by atoms with Crippen LogP contribution in [0.1, 0.15) is 26.7 Å². The maximum atomic E-state index is 12.2. The standard InChI is InChI=1S/C19H24N4O2/c1-14-8-10-23(11-9-14)19-20-12-16(13-21-19)22-18(24)15(2)25-17-6-4-3-5-7-17/h3-7,12-15H,8-11H2,1-2H3,(H,22,24). The molecule has 2 heterocycles. The summed E-state index contributed by atoms with van der Waals surface area (Å²) < 4.78 is 5.62. The number of aromatic nitrogens is 2. The Labute approximate surface area is 148 Å². The fourth-order valence-corrected chi connectivity index (χ4v) is 2.76. The lowest BCUT2D eigenvalue weighted by atomic mass is 10.00. The van der Waals surface area contributed by atoms with Crippen molar-refractivity contribution in [3.8, 4) is 5.75 Å². The Hall–Kier alpha value is -2.63. The van der Waals surface area contributed by atoms with Crippen molar-refractivity contribution in [3.05, 3.63) is 42.7 Å². The average molecular weight is 340 g/mol. The molecule has 1 unspecified atom stereocenters. The molecule has 0 radical (unpaired) electrons. The first-order valence-corrected chi connectivity index (χ1v) is 8.71. The minimum atomic E-state index is -0.606. The largest absolute Gasteiger partial charge is 0.481 e. The van der Waals surface area contributed by atoms with Gasteiger partial charge < -0.3 is 15.0 Å². The van der Waals surface area contributed by atoms with Crippen LogP contribution in [0.2, 0.25) is 0 Å². The fourth-order valence-electron chi connectivity index (χ4n) is 2.76. The van der Waals surface area contributed by atoms with E-state index in [9.17, 15) is 4.79 Å². The highest BCUT2D eigenvalue weighted by Crippen LogP contribution is 2.20. The van der Waals surface area contributed by atoms with E-state index in [4.69, 9.17) is 4.74 Å². The summed E-state index contributed by atoms with van der Waals surface area (Å²) in [7, 11) is 0. The first-order valence-electron chi connectivity index (χ1n) is 8.71. The number of nitrogens with one attached hydrogen (secondary N) is 1. The molecule has 1 saturated heterocycles. The summed E-state index contributed by atoms with van der Waals surface area (Å²) in [6, 6.07) is 9.28. The molecule has 1 atom stereocenters. The normalized spacial score (nSPS) is 16.3. The van der Waals surface area contributed by atoms with Crippen LogP contribution in [0.3, 0.4) is 0 Å². The zero-order valence-corrected chi connectivity index (χ0v) is 14.7. The predicted molar refractivity (Wildman–Crippen MR) is 97.8 cm³/mol. The van der Waals surface area contributed by atoms with Crippen LogP contribution in [0.4, 0.5) is 11.6 Å². The van der Waals surface area contributed by atoms with Crippen LogP contribution in [0, 0.1) is 5.92 Å². The quantitative estimate of drug-likeness (QED) is 0.906. The van der Waals surface area contributed by atoms with Crippen molar-refractivity contribution in [2.75, 3.05) is 23.3 Å². The number of benzene rings is 1. The van der Waals surface area contributed by atoms with Gasteiger partial charge in [0, 0.05) is 13.1 Å². The Balaban J connectivity index is 1.54. The number of para-hydroxylation sites is 1. The second-order valence-electron chi connectivity index (χ2n) is 6.50. The predicted octanol–water partition coefficient (Wildman–Crippen LogP) is 3.12. The first-order chi connectivity index (χ1) is 12.1. The van der Waals surface area contributed by atoms with Gasteiger partial charge in [0.1, 0.15) is 5.75 Å². The number of rotatable bonds is 5. The molecular weight excluding hydrogens is 316 g/mol. The number of amides is 1. The summed E-state index contributed by atoms with van der Waals surface area (Å²) >= 11 is 0. The number of carbonyl (C=O) groups is 1. The molecule has 0 bridgehead atoms. The lowest BCUT2D eigenvalue weighted by molar-refractivity contribution is -0.122. The van der Waals surface area contributed by atoms with Crippen LogP contribution in [0.15, 0.2) is 42.7 Å². The van der Waals surface area contributed by atoms with E-state index >= 15 is 0 Å². The van der Waals surface area contributed by atoms with Gasteiger partial charge >= 0.3 is 0 Å². The number of ether oxygens (including phenoxy) is 1. The van der Waals surface area contributed by atoms with Crippen LogP contribution in [-0.2, 0) is 4.79 Å². The third kappa shape index (κ3) is 4.68. The van der Waals surface area contributed by atoms with Crippen molar-refractivity contribution in [2.45, 2.75) is 32.8 Å².